The minimum Gasteiger partial charge on any atom is -0.481 e. The third-order valence-corrected chi connectivity index (χ3v) is 5.95. The zero-order valence-corrected chi connectivity index (χ0v) is 20.9. The van der Waals surface area contributed by atoms with E-state index in [0.717, 1.165) is 15.2 Å². The van der Waals surface area contributed by atoms with E-state index in [9.17, 15) is 9.59 Å². The first-order valence-corrected chi connectivity index (χ1v) is 11.8. The van der Waals surface area contributed by atoms with E-state index < -0.39 is 18.0 Å². The molecule has 0 fully saturated rings. The quantitative estimate of drug-likeness (QED) is 0.125. The fraction of sp³-hybridized carbons (Fsp3) is 0.0741. The molecule has 176 valence electrons. The topological polar surface area (TPSA) is 77.0 Å². The SMILES string of the molecule is CC(Oc1ccc(Br)cc1)C(=O)N/N=C/c1c(OC(=O)c2ccccc2Cl)ccc2ccccc12. The lowest BCUT2D eigenvalue weighted by atomic mass is 10.0. The van der Waals surface area contributed by atoms with Gasteiger partial charge < -0.3 is 9.47 Å². The molecule has 6 nitrogen and oxygen atoms in total. The summed E-state index contributed by atoms with van der Waals surface area (Å²) in [5.41, 5.74) is 3.26. The zero-order valence-electron chi connectivity index (χ0n) is 18.6. The summed E-state index contributed by atoms with van der Waals surface area (Å²) >= 11 is 9.50. The van der Waals surface area contributed by atoms with Crippen LogP contribution in [0.3, 0.4) is 0 Å². The fourth-order valence-corrected chi connectivity index (χ4v) is 3.78. The Kier molecular flexibility index (Phi) is 7.80. The van der Waals surface area contributed by atoms with Crippen molar-refractivity contribution in [2.75, 3.05) is 0 Å². The van der Waals surface area contributed by atoms with Gasteiger partial charge in [-0.05, 0) is 60.2 Å². The van der Waals surface area contributed by atoms with Gasteiger partial charge in [-0.2, -0.15) is 5.10 Å². The van der Waals surface area contributed by atoms with E-state index in [1.807, 2.05) is 42.5 Å². The van der Waals surface area contributed by atoms with Crippen LogP contribution in [0.1, 0.15) is 22.8 Å². The molecule has 0 aromatic heterocycles. The Balaban J connectivity index is 1.54. The predicted octanol–water partition coefficient (Wildman–Crippen LogP) is 6.39. The summed E-state index contributed by atoms with van der Waals surface area (Å²) in [7, 11) is 0. The van der Waals surface area contributed by atoms with E-state index in [-0.39, 0.29) is 11.3 Å². The molecule has 4 aromatic rings. The van der Waals surface area contributed by atoms with Gasteiger partial charge in [0.2, 0.25) is 0 Å². The zero-order chi connectivity index (χ0) is 24.8. The highest BCUT2D eigenvalue weighted by molar-refractivity contribution is 9.10. The van der Waals surface area contributed by atoms with Gasteiger partial charge in [-0.3, -0.25) is 4.79 Å². The average Bonchev–Trinajstić information content (AvgIpc) is 2.86. The summed E-state index contributed by atoms with van der Waals surface area (Å²) in [6.07, 6.45) is 0.667. The van der Waals surface area contributed by atoms with Crippen LogP contribution in [-0.4, -0.2) is 24.2 Å². The molecule has 0 heterocycles. The first-order valence-electron chi connectivity index (χ1n) is 10.7. The third kappa shape index (κ3) is 6.07. The number of hydrogen-bond donors (Lipinski definition) is 1. The Morgan fingerprint density at radius 2 is 1.69 bits per heavy atom. The molecule has 0 saturated heterocycles. The van der Waals surface area contributed by atoms with Gasteiger partial charge >= 0.3 is 5.97 Å². The van der Waals surface area contributed by atoms with E-state index >= 15 is 0 Å². The summed E-state index contributed by atoms with van der Waals surface area (Å²) < 4.78 is 12.2. The summed E-state index contributed by atoms with van der Waals surface area (Å²) in [5, 5.41) is 6.11. The molecule has 0 spiro atoms. The van der Waals surface area contributed by atoms with Crippen LogP contribution in [0, 0.1) is 0 Å². The Bertz CT molecular complexity index is 1410. The monoisotopic (exact) mass is 550 g/mol. The smallest absolute Gasteiger partial charge is 0.345 e. The molecule has 8 heteroatoms. The van der Waals surface area contributed by atoms with Crippen LogP contribution in [0.5, 0.6) is 11.5 Å². The minimum atomic E-state index is -0.779. The molecular formula is C27H20BrClN2O4. The number of carbonyl (C=O) groups excluding carboxylic acids is 2. The lowest BCUT2D eigenvalue weighted by Crippen LogP contribution is -2.33. The highest BCUT2D eigenvalue weighted by atomic mass is 79.9. The first kappa shape index (κ1) is 24.4. The molecule has 0 saturated carbocycles. The maximum Gasteiger partial charge on any atom is 0.345 e. The molecule has 0 aliphatic carbocycles. The number of carbonyl (C=O) groups is 2. The van der Waals surface area contributed by atoms with E-state index in [2.05, 4.69) is 26.5 Å². The minimum absolute atomic E-state index is 0.248. The van der Waals surface area contributed by atoms with Crippen LogP contribution in [-0.2, 0) is 4.79 Å². The van der Waals surface area contributed by atoms with Gasteiger partial charge in [0.05, 0.1) is 16.8 Å². The number of ether oxygens (including phenoxy) is 2. The number of halogens is 2. The lowest BCUT2D eigenvalue weighted by Gasteiger charge is -2.13. The number of amides is 1. The van der Waals surface area contributed by atoms with Crippen molar-refractivity contribution >= 4 is 56.4 Å². The number of nitrogens with zero attached hydrogens (tertiary/aromatic N) is 1. The molecule has 35 heavy (non-hydrogen) atoms. The van der Waals surface area contributed by atoms with Gasteiger partial charge in [0, 0.05) is 10.0 Å². The average molecular weight is 552 g/mol. The van der Waals surface area contributed by atoms with Crippen LogP contribution >= 0.6 is 27.5 Å². The van der Waals surface area contributed by atoms with Gasteiger partial charge in [0.15, 0.2) is 6.10 Å². The highest BCUT2D eigenvalue weighted by Gasteiger charge is 2.17. The van der Waals surface area contributed by atoms with Gasteiger partial charge in [-0.25, -0.2) is 10.2 Å². The Labute approximate surface area is 215 Å². The molecule has 1 atom stereocenters. The van der Waals surface area contributed by atoms with Crippen LogP contribution in [0.25, 0.3) is 10.8 Å². The second kappa shape index (κ2) is 11.2. The number of rotatable bonds is 7. The third-order valence-electron chi connectivity index (χ3n) is 5.09. The number of fused-ring (bicyclic) bond motifs is 1. The van der Waals surface area contributed by atoms with Gasteiger partial charge in [0.1, 0.15) is 11.5 Å². The van der Waals surface area contributed by atoms with Crippen molar-refractivity contribution in [3.63, 3.8) is 0 Å². The van der Waals surface area contributed by atoms with Crippen molar-refractivity contribution in [1.29, 1.82) is 0 Å². The largest absolute Gasteiger partial charge is 0.481 e. The first-order chi connectivity index (χ1) is 16.9. The highest BCUT2D eigenvalue weighted by Crippen LogP contribution is 2.28. The van der Waals surface area contributed by atoms with E-state index in [4.69, 9.17) is 21.1 Å². The predicted molar refractivity (Wildman–Crippen MR) is 140 cm³/mol. The van der Waals surface area contributed by atoms with Crippen LogP contribution < -0.4 is 14.9 Å². The van der Waals surface area contributed by atoms with Gasteiger partial charge in [0.25, 0.3) is 5.91 Å². The van der Waals surface area contributed by atoms with Crippen molar-refractivity contribution in [1.82, 2.24) is 5.43 Å². The van der Waals surface area contributed by atoms with E-state index in [0.29, 0.717) is 16.3 Å². The number of hydrogen-bond acceptors (Lipinski definition) is 5. The normalized spacial score (nSPS) is 11.9. The number of nitrogens with one attached hydrogen (secondary N) is 1. The summed E-state index contributed by atoms with van der Waals surface area (Å²) in [5.74, 6) is -0.187. The molecule has 0 radical (unpaired) electrons. The maximum atomic E-state index is 12.7. The molecule has 0 bridgehead atoms. The fourth-order valence-electron chi connectivity index (χ4n) is 3.30. The Hall–Kier alpha value is -3.68. The summed E-state index contributed by atoms with van der Waals surface area (Å²) in [6.45, 7) is 1.63. The number of esters is 1. The molecule has 0 aliphatic rings. The molecule has 1 unspecified atom stereocenters. The Morgan fingerprint density at radius 3 is 2.46 bits per heavy atom. The second-order valence-electron chi connectivity index (χ2n) is 7.52. The molecule has 0 aliphatic heterocycles. The van der Waals surface area contributed by atoms with Crippen LogP contribution in [0.2, 0.25) is 5.02 Å². The van der Waals surface area contributed by atoms with Crippen LogP contribution in [0.15, 0.2) is 94.5 Å². The standard InChI is InChI=1S/C27H20BrClN2O4/c1-17(34-20-13-11-19(28)12-14-20)26(32)31-30-16-23-21-7-3-2-6-18(21)10-15-25(23)35-27(33)22-8-4-5-9-24(22)29/h2-17H,1H3,(H,31,32)/b30-16+. The summed E-state index contributed by atoms with van der Waals surface area (Å²) in [4.78, 5) is 25.2. The van der Waals surface area contributed by atoms with E-state index in [1.54, 1.807) is 49.4 Å². The number of hydrazone groups is 1. The molecular weight excluding hydrogens is 532 g/mol. The summed E-state index contributed by atoms with van der Waals surface area (Å²) in [6, 6.07) is 24.9. The van der Waals surface area contributed by atoms with Crippen molar-refractivity contribution in [3.05, 3.63) is 106 Å². The molecule has 1 amide bonds. The Morgan fingerprint density at radius 1 is 0.971 bits per heavy atom. The molecule has 4 aromatic carbocycles. The lowest BCUT2D eigenvalue weighted by molar-refractivity contribution is -0.127. The molecule has 4 rings (SSSR count). The van der Waals surface area contributed by atoms with Crippen molar-refractivity contribution < 1.29 is 19.1 Å². The number of benzene rings is 4. The second-order valence-corrected chi connectivity index (χ2v) is 8.84. The maximum absolute atomic E-state index is 12.7. The van der Waals surface area contributed by atoms with Crippen molar-refractivity contribution in [2.45, 2.75) is 13.0 Å². The van der Waals surface area contributed by atoms with Crippen molar-refractivity contribution in [2.24, 2.45) is 5.10 Å². The molecule has 1 N–H and O–H groups in total. The van der Waals surface area contributed by atoms with Crippen LogP contribution in [0.4, 0.5) is 0 Å². The van der Waals surface area contributed by atoms with Gasteiger partial charge in [-0.15, -0.1) is 0 Å². The van der Waals surface area contributed by atoms with E-state index in [1.165, 1.54) is 6.21 Å². The van der Waals surface area contributed by atoms with Gasteiger partial charge in [-0.1, -0.05) is 70.0 Å². The van der Waals surface area contributed by atoms with Crippen molar-refractivity contribution in [3.8, 4) is 11.5 Å².